The molecule has 13 heavy (non-hydrogen) atoms. The number of aliphatic hydroxyl groups is 1. The van der Waals surface area contributed by atoms with Gasteiger partial charge in [0.05, 0.1) is 12.1 Å². The van der Waals surface area contributed by atoms with Gasteiger partial charge in [0.1, 0.15) is 0 Å². The molecule has 5 N–H and O–H groups in total. The summed E-state index contributed by atoms with van der Waals surface area (Å²) in [6, 6.07) is -0.620. The van der Waals surface area contributed by atoms with Crippen LogP contribution >= 0.6 is 0 Å². The average molecular weight is 187 g/mol. The summed E-state index contributed by atoms with van der Waals surface area (Å²) >= 11 is 0. The Morgan fingerprint density at radius 2 is 2.38 bits per heavy atom. The molecule has 1 rings (SSSR count). The van der Waals surface area contributed by atoms with Gasteiger partial charge in [-0.3, -0.25) is 9.69 Å². The normalized spacial score (nSPS) is 27.1. The van der Waals surface area contributed by atoms with Crippen LogP contribution in [0.25, 0.3) is 0 Å². The van der Waals surface area contributed by atoms with Crippen molar-refractivity contribution in [3.63, 3.8) is 0 Å². The molecule has 5 nitrogen and oxygen atoms in total. The van der Waals surface area contributed by atoms with Crippen molar-refractivity contribution in [3.05, 3.63) is 0 Å². The third-order valence-electron chi connectivity index (χ3n) is 2.30. The molecule has 1 aliphatic heterocycles. The molecule has 0 radical (unpaired) electrons. The summed E-state index contributed by atoms with van der Waals surface area (Å²) in [6.45, 7) is 1.94. The summed E-state index contributed by atoms with van der Waals surface area (Å²) in [5.41, 5.74) is 10.5. The number of amides is 1. The average Bonchev–Trinajstić information content (AvgIpc) is 2.04. The van der Waals surface area contributed by atoms with Crippen LogP contribution in [0.4, 0.5) is 0 Å². The summed E-state index contributed by atoms with van der Waals surface area (Å²) in [5.74, 6) is -0.486. The lowest BCUT2D eigenvalue weighted by molar-refractivity contribution is -0.119. The van der Waals surface area contributed by atoms with E-state index in [-0.39, 0.29) is 6.10 Å². The lowest BCUT2D eigenvalue weighted by Gasteiger charge is -2.31. The molecule has 5 heteroatoms. The molecular formula is C8H17N3O2. The van der Waals surface area contributed by atoms with Crippen LogP contribution in [0.2, 0.25) is 0 Å². The van der Waals surface area contributed by atoms with Crippen LogP contribution in [-0.4, -0.2) is 47.7 Å². The summed E-state index contributed by atoms with van der Waals surface area (Å²) in [6.07, 6.45) is 1.50. The molecule has 1 amide bonds. The monoisotopic (exact) mass is 187 g/mol. The number of β-amino-alcohol motifs (C(OH)–C–C–N with tert-alkyl or cyclic N) is 1. The maximum atomic E-state index is 10.7. The minimum absolute atomic E-state index is 0.283. The van der Waals surface area contributed by atoms with Crippen molar-refractivity contribution in [1.29, 1.82) is 0 Å². The zero-order valence-corrected chi connectivity index (χ0v) is 7.65. The van der Waals surface area contributed by atoms with Crippen LogP contribution in [0.15, 0.2) is 0 Å². The number of rotatable bonds is 3. The lowest BCUT2D eigenvalue weighted by atomic mass is 10.1. The molecule has 2 atom stereocenters. The van der Waals surface area contributed by atoms with E-state index in [2.05, 4.69) is 0 Å². The van der Waals surface area contributed by atoms with Gasteiger partial charge in [-0.1, -0.05) is 0 Å². The molecule has 0 aromatic rings. The third kappa shape index (κ3) is 3.30. The Kier molecular flexibility index (Phi) is 3.65. The van der Waals surface area contributed by atoms with Crippen molar-refractivity contribution in [2.75, 3.05) is 19.6 Å². The molecule has 0 aromatic carbocycles. The molecule has 0 bridgehead atoms. The summed E-state index contributed by atoms with van der Waals surface area (Å²) in [7, 11) is 0. The second kappa shape index (κ2) is 4.55. The third-order valence-corrected chi connectivity index (χ3v) is 2.30. The number of likely N-dealkylation sites (tertiary alicyclic amines) is 1. The van der Waals surface area contributed by atoms with Crippen LogP contribution in [0.1, 0.15) is 12.8 Å². The quantitative estimate of drug-likeness (QED) is 0.489. The Hall–Kier alpha value is -0.650. The van der Waals surface area contributed by atoms with Crippen molar-refractivity contribution in [2.45, 2.75) is 25.0 Å². The molecule has 1 aliphatic rings. The smallest absolute Gasteiger partial charge is 0.235 e. The van der Waals surface area contributed by atoms with Gasteiger partial charge in [-0.2, -0.15) is 0 Å². The lowest BCUT2D eigenvalue weighted by Crippen LogP contribution is -2.49. The Balaban J connectivity index is 2.31. The Labute approximate surface area is 77.7 Å². The van der Waals surface area contributed by atoms with Gasteiger partial charge < -0.3 is 16.6 Å². The second-order valence-electron chi connectivity index (χ2n) is 3.56. The van der Waals surface area contributed by atoms with Gasteiger partial charge in [0, 0.05) is 13.1 Å². The van der Waals surface area contributed by atoms with E-state index in [1.165, 1.54) is 0 Å². The minimum Gasteiger partial charge on any atom is -0.392 e. The first-order valence-corrected chi connectivity index (χ1v) is 4.55. The highest BCUT2D eigenvalue weighted by molar-refractivity contribution is 5.79. The van der Waals surface area contributed by atoms with E-state index in [1.807, 2.05) is 4.90 Å². The molecule has 0 aliphatic carbocycles. The largest absolute Gasteiger partial charge is 0.392 e. The fraction of sp³-hybridized carbons (Fsp3) is 0.875. The van der Waals surface area contributed by atoms with E-state index in [4.69, 9.17) is 11.5 Å². The Morgan fingerprint density at radius 3 is 2.92 bits per heavy atom. The molecule has 0 aromatic heterocycles. The molecule has 76 valence electrons. The zero-order valence-electron chi connectivity index (χ0n) is 7.65. The van der Waals surface area contributed by atoms with Gasteiger partial charge in [0.25, 0.3) is 0 Å². The van der Waals surface area contributed by atoms with E-state index in [0.717, 1.165) is 19.4 Å². The van der Waals surface area contributed by atoms with Gasteiger partial charge in [0.15, 0.2) is 0 Å². The molecule has 0 spiro atoms. The standard InChI is InChI=1S/C8H17N3O2/c9-7(8(10)13)5-11-3-1-2-6(12)4-11/h6-7,12H,1-5,9H2,(H2,10,13). The molecule has 0 saturated carbocycles. The zero-order chi connectivity index (χ0) is 9.84. The number of piperidine rings is 1. The highest BCUT2D eigenvalue weighted by Gasteiger charge is 2.21. The van der Waals surface area contributed by atoms with Gasteiger partial charge in [-0.05, 0) is 19.4 Å². The Bertz CT molecular complexity index is 186. The molecule has 1 fully saturated rings. The van der Waals surface area contributed by atoms with Gasteiger partial charge in [-0.25, -0.2) is 0 Å². The van der Waals surface area contributed by atoms with E-state index in [1.54, 1.807) is 0 Å². The summed E-state index contributed by atoms with van der Waals surface area (Å²) in [5, 5.41) is 9.33. The van der Waals surface area contributed by atoms with Crippen molar-refractivity contribution in [2.24, 2.45) is 11.5 Å². The molecule has 1 saturated heterocycles. The highest BCUT2D eigenvalue weighted by atomic mass is 16.3. The minimum atomic E-state index is -0.620. The first-order chi connectivity index (χ1) is 6.09. The van der Waals surface area contributed by atoms with Gasteiger partial charge >= 0.3 is 0 Å². The summed E-state index contributed by atoms with van der Waals surface area (Å²) in [4.78, 5) is 12.6. The van der Waals surface area contributed by atoms with Crippen LogP contribution in [0.5, 0.6) is 0 Å². The fourth-order valence-corrected chi connectivity index (χ4v) is 1.57. The van der Waals surface area contributed by atoms with Crippen LogP contribution in [0, 0.1) is 0 Å². The number of nitrogens with two attached hydrogens (primary N) is 2. The summed E-state index contributed by atoms with van der Waals surface area (Å²) < 4.78 is 0. The van der Waals surface area contributed by atoms with Gasteiger partial charge in [0.2, 0.25) is 5.91 Å². The van der Waals surface area contributed by atoms with Gasteiger partial charge in [-0.15, -0.1) is 0 Å². The second-order valence-corrected chi connectivity index (χ2v) is 3.56. The van der Waals surface area contributed by atoms with Crippen molar-refractivity contribution in [1.82, 2.24) is 4.90 Å². The number of hydrogen-bond acceptors (Lipinski definition) is 4. The maximum absolute atomic E-state index is 10.7. The van der Waals surface area contributed by atoms with E-state index < -0.39 is 11.9 Å². The first-order valence-electron chi connectivity index (χ1n) is 4.55. The van der Waals surface area contributed by atoms with E-state index in [0.29, 0.717) is 13.1 Å². The van der Waals surface area contributed by atoms with Crippen LogP contribution in [0.3, 0.4) is 0 Å². The predicted octanol–water partition coefficient (Wildman–Crippen LogP) is -1.74. The van der Waals surface area contributed by atoms with Crippen molar-refractivity contribution < 1.29 is 9.90 Å². The number of primary amides is 1. The van der Waals surface area contributed by atoms with Crippen molar-refractivity contribution in [3.8, 4) is 0 Å². The van der Waals surface area contributed by atoms with Crippen LogP contribution < -0.4 is 11.5 Å². The predicted molar refractivity (Wildman–Crippen MR) is 48.9 cm³/mol. The number of nitrogens with zero attached hydrogens (tertiary/aromatic N) is 1. The number of carbonyl (C=O) groups is 1. The number of carbonyl (C=O) groups excluding carboxylic acids is 1. The maximum Gasteiger partial charge on any atom is 0.235 e. The molecular weight excluding hydrogens is 170 g/mol. The van der Waals surface area contributed by atoms with Crippen molar-refractivity contribution >= 4 is 5.91 Å². The SMILES string of the molecule is NC(=O)C(N)CN1CCCC(O)C1. The first kappa shape index (κ1) is 10.4. The van der Waals surface area contributed by atoms with E-state index in [9.17, 15) is 9.90 Å². The fourth-order valence-electron chi connectivity index (χ4n) is 1.57. The highest BCUT2D eigenvalue weighted by Crippen LogP contribution is 2.09. The molecule has 2 unspecified atom stereocenters. The topological polar surface area (TPSA) is 92.6 Å². The Morgan fingerprint density at radius 1 is 1.69 bits per heavy atom. The van der Waals surface area contributed by atoms with Crippen LogP contribution in [-0.2, 0) is 4.79 Å². The number of aliphatic hydroxyl groups excluding tert-OH is 1. The van der Waals surface area contributed by atoms with E-state index >= 15 is 0 Å². The molecule has 1 heterocycles. The number of hydrogen-bond donors (Lipinski definition) is 3.